The Morgan fingerprint density at radius 2 is 0.661 bits per heavy atom. The zero-order valence-electron chi connectivity index (χ0n) is 33.6. The van der Waals surface area contributed by atoms with Crippen LogP contribution < -0.4 is 0 Å². The molecule has 2 heterocycles. The molecule has 0 unspecified atom stereocenters. The molecule has 0 saturated carbocycles. The molecule has 0 aliphatic rings. The van der Waals surface area contributed by atoms with E-state index in [2.05, 4.69) is 146 Å². The third kappa shape index (κ3) is 6.97. The van der Waals surface area contributed by atoms with Crippen LogP contribution in [0.3, 0.4) is 0 Å². The van der Waals surface area contributed by atoms with Crippen molar-refractivity contribution in [3.63, 3.8) is 0 Å². The molecular formula is C57H37N5. The Balaban J connectivity index is 1.09. The van der Waals surface area contributed by atoms with Gasteiger partial charge in [-0.15, -0.1) is 0 Å². The van der Waals surface area contributed by atoms with Gasteiger partial charge >= 0.3 is 0 Å². The molecule has 0 radical (unpaired) electrons. The second-order valence-electron chi connectivity index (χ2n) is 15.2. The number of hydrogen-bond donors (Lipinski definition) is 0. The van der Waals surface area contributed by atoms with Gasteiger partial charge in [0.25, 0.3) is 0 Å². The first-order valence-corrected chi connectivity index (χ1v) is 20.8. The average molecular weight is 792 g/mol. The lowest BCUT2D eigenvalue weighted by atomic mass is 9.90. The van der Waals surface area contributed by atoms with Crippen LogP contribution in [0.4, 0.5) is 0 Å². The Morgan fingerprint density at radius 1 is 0.242 bits per heavy atom. The van der Waals surface area contributed by atoms with E-state index in [-0.39, 0.29) is 0 Å². The summed E-state index contributed by atoms with van der Waals surface area (Å²) in [6.45, 7) is 0. The zero-order valence-corrected chi connectivity index (χ0v) is 33.6. The van der Waals surface area contributed by atoms with E-state index in [1.54, 1.807) is 0 Å². The molecule has 9 aromatic carbocycles. The Morgan fingerprint density at radius 3 is 1.23 bits per heavy atom. The van der Waals surface area contributed by atoms with Gasteiger partial charge in [0, 0.05) is 33.4 Å². The van der Waals surface area contributed by atoms with Crippen molar-refractivity contribution in [2.75, 3.05) is 0 Å². The lowest BCUT2D eigenvalue weighted by Gasteiger charge is -2.17. The molecule has 11 aromatic rings. The Hall–Kier alpha value is -8.41. The Kier molecular flexibility index (Phi) is 9.45. The maximum absolute atomic E-state index is 5.36. The van der Waals surface area contributed by atoms with Crippen molar-refractivity contribution in [3.05, 3.63) is 224 Å². The molecule has 0 N–H and O–H groups in total. The molecule has 5 heteroatoms. The van der Waals surface area contributed by atoms with Crippen LogP contribution in [0.2, 0.25) is 0 Å². The van der Waals surface area contributed by atoms with Gasteiger partial charge in [0.15, 0.2) is 23.3 Å². The second kappa shape index (κ2) is 16.0. The fourth-order valence-corrected chi connectivity index (χ4v) is 8.37. The summed E-state index contributed by atoms with van der Waals surface area (Å²) >= 11 is 0. The van der Waals surface area contributed by atoms with E-state index < -0.39 is 0 Å². The molecule has 0 amide bonds. The van der Waals surface area contributed by atoms with Gasteiger partial charge < -0.3 is 0 Å². The maximum atomic E-state index is 5.36. The summed E-state index contributed by atoms with van der Waals surface area (Å²) in [6.07, 6.45) is 0. The van der Waals surface area contributed by atoms with Gasteiger partial charge in [-0.25, -0.2) is 24.9 Å². The molecule has 0 atom stereocenters. The van der Waals surface area contributed by atoms with Crippen molar-refractivity contribution in [1.82, 2.24) is 24.9 Å². The van der Waals surface area contributed by atoms with Crippen LogP contribution in [0.15, 0.2) is 224 Å². The minimum atomic E-state index is 0.611. The minimum absolute atomic E-state index is 0.611. The maximum Gasteiger partial charge on any atom is 0.164 e. The summed E-state index contributed by atoms with van der Waals surface area (Å²) in [5, 5.41) is 4.59. The quantitative estimate of drug-likeness (QED) is 0.153. The highest BCUT2D eigenvalue weighted by Crippen LogP contribution is 2.42. The summed E-state index contributed by atoms with van der Waals surface area (Å²) in [7, 11) is 0. The first kappa shape index (κ1) is 36.7. The highest BCUT2D eigenvalue weighted by atomic mass is 15.0. The van der Waals surface area contributed by atoms with Gasteiger partial charge in [-0.3, -0.25) is 0 Å². The van der Waals surface area contributed by atoms with E-state index in [1.807, 2.05) is 78.9 Å². The molecular weight excluding hydrogens is 755 g/mol. The van der Waals surface area contributed by atoms with Crippen LogP contribution in [0.25, 0.3) is 112 Å². The van der Waals surface area contributed by atoms with Crippen LogP contribution in [-0.4, -0.2) is 24.9 Å². The van der Waals surface area contributed by atoms with Crippen LogP contribution >= 0.6 is 0 Å². The molecule has 0 saturated heterocycles. The Bertz CT molecular complexity index is 3310. The number of aromatic nitrogens is 5. The topological polar surface area (TPSA) is 64.5 Å². The normalized spacial score (nSPS) is 11.2. The highest BCUT2D eigenvalue weighted by Gasteiger charge is 2.20. The summed E-state index contributed by atoms with van der Waals surface area (Å²) in [4.78, 5) is 25.6. The van der Waals surface area contributed by atoms with Crippen molar-refractivity contribution in [3.8, 4) is 90.3 Å². The van der Waals surface area contributed by atoms with Gasteiger partial charge in [0.05, 0.1) is 11.4 Å². The van der Waals surface area contributed by atoms with Crippen LogP contribution in [0.1, 0.15) is 0 Å². The molecule has 0 aliphatic heterocycles. The minimum Gasteiger partial charge on any atom is -0.228 e. The van der Waals surface area contributed by atoms with Gasteiger partial charge in [0.2, 0.25) is 0 Å². The van der Waals surface area contributed by atoms with E-state index in [0.29, 0.717) is 23.3 Å². The molecule has 0 bridgehead atoms. The predicted molar refractivity (Wildman–Crippen MR) is 254 cm³/mol. The SMILES string of the molecule is c1ccc(-c2nc(-c3ccc4ccccc4c3-c3ccc(-c4nc(-c5ccccc5)nc(-c5ccccc5)n4)cc3)cc(-c3cccc4cccc(-c5ccccc5)c34)n2)cc1. The smallest absolute Gasteiger partial charge is 0.164 e. The van der Waals surface area contributed by atoms with Crippen LogP contribution in [0, 0.1) is 0 Å². The summed E-state index contributed by atoms with van der Waals surface area (Å²) in [5.41, 5.74) is 11.9. The average Bonchev–Trinajstić information content (AvgIpc) is 3.36. The van der Waals surface area contributed by atoms with Crippen LogP contribution in [-0.2, 0) is 0 Å². The first-order chi connectivity index (χ1) is 30.7. The molecule has 62 heavy (non-hydrogen) atoms. The van der Waals surface area contributed by atoms with Gasteiger partial charge in [-0.05, 0) is 49.9 Å². The number of benzene rings is 9. The largest absolute Gasteiger partial charge is 0.228 e. The third-order valence-electron chi connectivity index (χ3n) is 11.4. The summed E-state index contributed by atoms with van der Waals surface area (Å²) in [5.74, 6) is 2.54. The second-order valence-corrected chi connectivity index (χ2v) is 15.2. The molecule has 2 aromatic heterocycles. The number of fused-ring (bicyclic) bond motifs is 2. The van der Waals surface area contributed by atoms with E-state index in [0.717, 1.165) is 88.6 Å². The van der Waals surface area contributed by atoms with Crippen molar-refractivity contribution in [2.45, 2.75) is 0 Å². The zero-order chi connectivity index (χ0) is 41.2. The number of nitrogens with zero attached hydrogens (tertiary/aromatic N) is 5. The lowest BCUT2D eigenvalue weighted by Crippen LogP contribution is -2.00. The molecule has 5 nitrogen and oxygen atoms in total. The third-order valence-corrected chi connectivity index (χ3v) is 11.4. The molecule has 0 fully saturated rings. The van der Waals surface area contributed by atoms with E-state index in [9.17, 15) is 0 Å². The monoisotopic (exact) mass is 791 g/mol. The van der Waals surface area contributed by atoms with Gasteiger partial charge in [0.1, 0.15) is 0 Å². The fraction of sp³-hybridized carbons (Fsp3) is 0. The van der Waals surface area contributed by atoms with E-state index in [4.69, 9.17) is 24.9 Å². The number of hydrogen-bond acceptors (Lipinski definition) is 5. The Labute approximate surface area is 359 Å². The molecule has 290 valence electrons. The molecule has 11 rings (SSSR count). The summed E-state index contributed by atoms with van der Waals surface area (Å²) < 4.78 is 0. The summed E-state index contributed by atoms with van der Waals surface area (Å²) in [6, 6.07) is 77.7. The molecule has 0 spiro atoms. The number of rotatable bonds is 8. The molecule has 0 aliphatic carbocycles. The van der Waals surface area contributed by atoms with Gasteiger partial charge in [-0.2, -0.15) is 0 Å². The van der Waals surface area contributed by atoms with Crippen molar-refractivity contribution in [2.24, 2.45) is 0 Å². The fourth-order valence-electron chi connectivity index (χ4n) is 8.37. The van der Waals surface area contributed by atoms with E-state index >= 15 is 0 Å². The predicted octanol–water partition coefficient (Wildman–Crippen LogP) is 14.3. The first-order valence-electron chi connectivity index (χ1n) is 20.8. The van der Waals surface area contributed by atoms with E-state index in [1.165, 1.54) is 0 Å². The van der Waals surface area contributed by atoms with Gasteiger partial charge in [-0.1, -0.05) is 218 Å². The lowest BCUT2D eigenvalue weighted by molar-refractivity contribution is 1.07. The van der Waals surface area contributed by atoms with Crippen molar-refractivity contribution in [1.29, 1.82) is 0 Å². The van der Waals surface area contributed by atoms with Crippen LogP contribution in [0.5, 0.6) is 0 Å². The highest BCUT2D eigenvalue weighted by molar-refractivity contribution is 6.07. The van der Waals surface area contributed by atoms with Crippen molar-refractivity contribution >= 4 is 21.5 Å². The standard InChI is InChI=1S/C57H37N5/c1-5-17-38(18-6-1)47-29-15-26-40-27-16-30-48(52(40)47)50-37-51(59-54(58-50)42-20-7-2-8-21-42)49-36-35-39-19-13-14-28-46(39)53(49)41-31-33-45(34-32-41)57-61-55(43-22-9-3-10-23-43)60-56(62-57)44-24-11-4-12-25-44/h1-37H. The van der Waals surface area contributed by atoms with Crippen molar-refractivity contribution < 1.29 is 0 Å².